The second-order valence-electron chi connectivity index (χ2n) is 7.85. The maximum Gasteiger partial charge on any atom is 0.406 e. The molecule has 0 aliphatic carbocycles. The van der Waals surface area contributed by atoms with Gasteiger partial charge in [0.15, 0.2) is 0 Å². The number of nitrogen functional groups attached to an aromatic ring is 1. The molecule has 1 aromatic heterocycles. The van der Waals surface area contributed by atoms with Crippen molar-refractivity contribution in [1.82, 2.24) is 25.9 Å². The van der Waals surface area contributed by atoms with Gasteiger partial charge < -0.3 is 15.5 Å². The Balaban J connectivity index is 1.53. The van der Waals surface area contributed by atoms with E-state index in [1.54, 1.807) is 61.5 Å². The second kappa shape index (κ2) is 7.62. The molecule has 8 nitrogen and oxygen atoms in total. The summed E-state index contributed by atoms with van der Waals surface area (Å²) in [6, 6.07) is 13.2. The molecule has 170 valence electrons. The fourth-order valence-corrected chi connectivity index (χ4v) is 4.27. The molecule has 5 rings (SSSR count). The molecule has 1 fully saturated rings. The predicted molar refractivity (Wildman–Crippen MR) is 113 cm³/mol. The van der Waals surface area contributed by atoms with Crippen LogP contribution in [0.15, 0.2) is 64.7 Å². The molecule has 4 N–H and O–H groups in total. The Kier molecular flexibility index (Phi) is 4.85. The number of para-hydroxylation sites is 1. The zero-order chi connectivity index (χ0) is 23.3. The number of nitrogens with zero attached hydrogens (tertiary/aromatic N) is 3. The number of benzene rings is 2. The van der Waals surface area contributed by atoms with E-state index in [9.17, 15) is 18.0 Å². The summed E-state index contributed by atoms with van der Waals surface area (Å²) < 4.78 is 47.4. The zero-order valence-electron chi connectivity index (χ0n) is 17.3. The summed E-state index contributed by atoms with van der Waals surface area (Å²) in [6.07, 6.45) is -5.54. The molecule has 2 aromatic carbocycles. The fourth-order valence-electron chi connectivity index (χ4n) is 4.27. The van der Waals surface area contributed by atoms with Crippen molar-refractivity contribution in [3.8, 4) is 11.5 Å². The Bertz CT molecular complexity index is 1240. The lowest BCUT2D eigenvalue weighted by Gasteiger charge is -2.34. The quantitative estimate of drug-likeness (QED) is 0.520. The van der Waals surface area contributed by atoms with Crippen molar-refractivity contribution in [2.45, 2.75) is 31.2 Å². The van der Waals surface area contributed by atoms with Gasteiger partial charge in [0.05, 0.1) is 11.5 Å². The van der Waals surface area contributed by atoms with Crippen LogP contribution in [-0.2, 0) is 4.79 Å². The minimum absolute atomic E-state index is 0.0124. The van der Waals surface area contributed by atoms with Crippen LogP contribution in [0.2, 0.25) is 0 Å². The normalized spacial score (nSPS) is 23.0. The van der Waals surface area contributed by atoms with E-state index in [-0.39, 0.29) is 17.4 Å². The maximum absolute atomic E-state index is 13.9. The number of amides is 1. The van der Waals surface area contributed by atoms with Gasteiger partial charge in [-0.3, -0.25) is 4.79 Å². The van der Waals surface area contributed by atoms with Crippen LogP contribution in [0.4, 0.5) is 18.9 Å². The maximum atomic E-state index is 13.9. The first-order valence-corrected chi connectivity index (χ1v) is 10.1. The standard InChI is InChI=1S/C22H19F3N6O2/c1-11-15(20-29-28-19(33-20)13-9-5-6-10-14(13)26)21(32)31-18(27-11)16(12-7-3-2-4-8-12)17(30-31)22(23,24)25/h2-10,16-18,27,30H,26H2,1H3. The van der Waals surface area contributed by atoms with Crippen molar-refractivity contribution in [2.75, 3.05) is 5.73 Å². The van der Waals surface area contributed by atoms with Gasteiger partial charge >= 0.3 is 6.18 Å². The van der Waals surface area contributed by atoms with Crippen molar-refractivity contribution < 1.29 is 22.4 Å². The molecule has 3 aromatic rings. The molecule has 3 heterocycles. The van der Waals surface area contributed by atoms with E-state index in [1.165, 1.54) is 0 Å². The van der Waals surface area contributed by atoms with Gasteiger partial charge in [0.1, 0.15) is 17.8 Å². The number of allylic oxidation sites excluding steroid dienone is 1. The minimum Gasteiger partial charge on any atom is -0.416 e. The van der Waals surface area contributed by atoms with Gasteiger partial charge in [0.25, 0.3) is 11.8 Å². The summed E-state index contributed by atoms with van der Waals surface area (Å²) in [7, 11) is 0. The number of carbonyl (C=O) groups excluding carboxylic acids is 1. The van der Waals surface area contributed by atoms with Gasteiger partial charge in [0, 0.05) is 11.4 Å². The van der Waals surface area contributed by atoms with Gasteiger partial charge in [-0.2, -0.15) is 13.2 Å². The number of hydrogen-bond acceptors (Lipinski definition) is 7. The molecule has 0 radical (unpaired) electrons. The molecule has 3 unspecified atom stereocenters. The third-order valence-electron chi connectivity index (χ3n) is 5.79. The second-order valence-corrected chi connectivity index (χ2v) is 7.85. The van der Waals surface area contributed by atoms with E-state index in [2.05, 4.69) is 20.9 Å². The number of hydrogen-bond donors (Lipinski definition) is 3. The van der Waals surface area contributed by atoms with Gasteiger partial charge in [-0.15, -0.1) is 10.2 Å². The highest BCUT2D eigenvalue weighted by Crippen LogP contribution is 2.42. The summed E-state index contributed by atoms with van der Waals surface area (Å²) in [6.45, 7) is 1.59. The summed E-state index contributed by atoms with van der Waals surface area (Å²) in [5, 5.41) is 11.9. The number of anilines is 1. The average Bonchev–Trinajstić information content (AvgIpc) is 3.40. The van der Waals surface area contributed by atoms with Gasteiger partial charge in [-0.05, 0) is 24.6 Å². The van der Waals surface area contributed by atoms with Gasteiger partial charge in [-0.1, -0.05) is 42.5 Å². The number of fused-ring (bicyclic) bond motifs is 1. The fraction of sp³-hybridized carbons (Fsp3) is 0.227. The lowest BCUT2D eigenvalue weighted by atomic mass is 9.89. The molecule has 3 atom stereocenters. The van der Waals surface area contributed by atoms with Crippen molar-refractivity contribution >= 4 is 17.2 Å². The van der Waals surface area contributed by atoms with Crippen LogP contribution in [0.5, 0.6) is 0 Å². The molecule has 2 aliphatic rings. The first-order chi connectivity index (χ1) is 15.8. The van der Waals surface area contributed by atoms with E-state index >= 15 is 0 Å². The van der Waals surface area contributed by atoms with Crippen LogP contribution < -0.4 is 16.5 Å². The van der Waals surface area contributed by atoms with E-state index in [0.29, 0.717) is 22.5 Å². The Hall–Kier alpha value is -3.86. The van der Waals surface area contributed by atoms with Crippen LogP contribution in [0.1, 0.15) is 24.3 Å². The van der Waals surface area contributed by atoms with Crippen molar-refractivity contribution in [3.05, 3.63) is 71.7 Å². The number of carbonyl (C=O) groups is 1. The lowest BCUT2D eigenvalue weighted by molar-refractivity contribution is -0.161. The number of alkyl halides is 3. The monoisotopic (exact) mass is 456 g/mol. The first kappa shape index (κ1) is 21.0. The summed E-state index contributed by atoms with van der Waals surface area (Å²) >= 11 is 0. The molecule has 11 heteroatoms. The smallest absolute Gasteiger partial charge is 0.406 e. The Labute approximate surface area is 186 Å². The largest absolute Gasteiger partial charge is 0.416 e. The Morgan fingerprint density at radius 3 is 2.39 bits per heavy atom. The highest BCUT2D eigenvalue weighted by atomic mass is 19.4. The summed E-state index contributed by atoms with van der Waals surface area (Å²) in [5.74, 6) is -1.77. The van der Waals surface area contributed by atoms with Crippen molar-refractivity contribution in [2.24, 2.45) is 0 Å². The van der Waals surface area contributed by atoms with E-state index < -0.39 is 30.2 Å². The van der Waals surface area contributed by atoms with Crippen LogP contribution in [0, 0.1) is 0 Å². The molecular formula is C22H19F3N6O2. The average molecular weight is 456 g/mol. The summed E-state index contributed by atoms with van der Waals surface area (Å²) in [5.41, 5.74) is 9.98. The van der Waals surface area contributed by atoms with Gasteiger partial charge in [0.2, 0.25) is 5.89 Å². The number of aromatic nitrogens is 2. The number of nitrogens with one attached hydrogen (secondary N) is 2. The van der Waals surface area contributed by atoms with Crippen molar-refractivity contribution in [3.63, 3.8) is 0 Å². The molecule has 2 aliphatic heterocycles. The van der Waals surface area contributed by atoms with Crippen LogP contribution >= 0.6 is 0 Å². The number of halogens is 3. The van der Waals surface area contributed by atoms with Crippen LogP contribution in [-0.4, -0.2) is 39.5 Å². The van der Waals surface area contributed by atoms with Crippen LogP contribution in [0.25, 0.3) is 17.0 Å². The molecule has 1 amide bonds. The Morgan fingerprint density at radius 2 is 1.70 bits per heavy atom. The number of hydrazine groups is 1. The van der Waals surface area contributed by atoms with E-state index in [1.807, 2.05) is 0 Å². The van der Waals surface area contributed by atoms with Crippen LogP contribution in [0.3, 0.4) is 0 Å². The molecule has 1 saturated heterocycles. The highest BCUT2D eigenvalue weighted by molar-refractivity contribution is 6.19. The zero-order valence-corrected chi connectivity index (χ0v) is 17.3. The molecule has 33 heavy (non-hydrogen) atoms. The summed E-state index contributed by atoms with van der Waals surface area (Å²) in [4.78, 5) is 13.3. The van der Waals surface area contributed by atoms with Crippen molar-refractivity contribution in [1.29, 1.82) is 0 Å². The number of rotatable bonds is 3. The minimum atomic E-state index is -4.59. The van der Waals surface area contributed by atoms with E-state index in [0.717, 1.165) is 5.01 Å². The topological polar surface area (TPSA) is 109 Å². The third kappa shape index (κ3) is 3.50. The molecule has 0 spiro atoms. The SMILES string of the molecule is CC1=C(c2nnc(-c3ccccc3N)o2)C(=O)N2NC(C(F)(F)F)C(c3ccccc3)C2N1. The molecular weight excluding hydrogens is 437 g/mol. The highest BCUT2D eigenvalue weighted by Gasteiger charge is 2.58. The third-order valence-corrected chi connectivity index (χ3v) is 5.79. The van der Waals surface area contributed by atoms with Gasteiger partial charge in [-0.25, -0.2) is 10.4 Å². The first-order valence-electron chi connectivity index (χ1n) is 10.1. The lowest BCUT2D eigenvalue weighted by Crippen LogP contribution is -2.54. The van der Waals surface area contributed by atoms with E-state index in [4.69, 9.17) is 10.2 Å². The Morgan fingerprint density at radius 1 is 1.03 bits per heavy atom. The molecule has 0 saturated carbocycles. The molecule has 0 bridgehead atoms. The predicted octanol–water partition coefficient (Wildman–Crippen LogP) is 3.04. The number of nitrogens with two attached hydrogens (primary N) is 1.